The van der Waals surface area contributed by atoms with Gasteiger partial charge in [0.05, 0.1) is 6.07 Å². The van der Waals surface area contributed by atoms with Crippen molar-refractivity contribution in [3.8, 4) is 12.1 Å². The van der Waals surface area contributed by atoms with Gasteiger partial charge in [0.2, 0.25) is 0 Å². The molecule has 0 fully saturated rings. The molecule has 0 aliphatic rings. The lowest BCUT2D eigenvalue weighted by atomic mass is 9.91. The molecule has 3 heteroatoms. The largest absolute Gasteiger partial charge is 0.281 e. The van der Waals surface area contributed by atoms with E-state index >= 15 is 0 Å². The first-order chi connectivity index (χ1) is 4.04. The van der Waals surface area contributed by atoms with Gasteiger partial charge in [-0.2, -0.15) is 10.5 Å². The average molecular weight is 122 g/mol. The molecule has 0 amide bonds. The van der Waals surface area contributed by atoms with Crippen molar-refractivity contribution in [2.24, 2.45) is 5.41 Å². The Morgan fingerprint density at radius 2 is 1.89 bits per heavy atom. The van der Waals surface area contributed by atoms with Crippen LogP contribution in [0.15, 0.2) is 0 Å². The standard InChI is InChI=1S/C6H6N2O/c1-6(2,4-8)5(9)3-7/h1-2H3. The molecule has 0 rings (SSSR count). The van der Waals surface area contributed by atoms with Crippen LogP contribution >= 0.6 is 0 Å². The summed E-state index contributed by atoms with van der Waals surface area (Å²) in [6.45, 7) is 2.83. The molecule has 0 aromatic heterocycles. The molecule has 0 bridgehead atoms. The number of hydrogen-bond donors (Lipinski definition) is 0. The van der Waals surface area contributed by atoms with Gasteiger partial charge in [-0.3, -0.25) is 4.79 Å². The number of nitrogens with zero attached hydrogens (tertiary/aromatic N) is 2. The monoisotopic (exact) mass is 122 g/mol. The van der Waals surface area contributed by atoms with Gasteiger partial charge in [-0.1, -0.05) is 0 Å². The second kappa shape index (κ2) is 2.28. The summed E-state index contributed by atoms with van der Waals surface area (Å²) in [6, 6.07) is 3.11. The molecule has 0 saturated heterocycles. The van der Waals surface area contributed by atoms with E-state index < -0.39 is 11.2 Å². The van der Waals surface area contributed by atoms with E-state index in [9.17, 15) is 4.79 Å². The summed E-state index contributed by atoms with van der Waals surface area (Å²) >= 11 is 0. The molecule has 0 spiro atoms. The van der Waals surface area contributed by atoms with Crippen molar-refractivity contribution >= 4 is 5.78 Å². The topological polar surface area (TPSA) is 64.7 Å². The van der Waals surface area contributed by atoms with Gasteiger partial charge < -0.3 is 0 Å². The fourth-order valence-corrected chi connectivity index (χ4v) is 0.191. The van der Waals surface area contributed by atoms with E-state index in [1.807, 2.05) is 0 Å². The smallest absolute Gasteiger partial charge is 0.251 e. The number of carbonyl (C=O) groups is 1. The summed E-state index contributed by atoms with van der Waals surface area (Å²) in [5, 5.41) is 16.3. The molecule has 0 aliphatic carbocycles. The number of hydrogen-bond acceptors (Lipinski definition) is 3. The average Bonchev–Trinajstić information content (AvgIpc) is 1.86. The Balaban J connectivity index is 4.44. The van der Waals surface area contributed by atoms with Crippen LogP contribution in [0, 0.1) is 28.1 Å². The molecule has 9 heavy (non-hydrogen) atoms. The predicted octanol–water partition coefficient (Wildman–Crippen LogP) is 0.629. The molecule has 0 aromatic carbocycles. The van der Waals surface area contributed by atoms with Gasteiger partial charge in [0, 0.05) is 0 Å². The second-order valence-electron chi connectivity index (χ2n) is 2.18. The van der Waals surface area contributed by atoms with Crippen LogP contribution < -0.4 is 0 Å². The van der Waals surface area contributed by atoms with Crippen molar-refractivity contribution in [2.45, 2.75) is 13.8 Å². The van der Waals surface area contributed by atoms with Crippen LogP contribution in [0.1, 0.15) is 13.8 Å². The lowest BCUT2D eigenvalue weighted by Gasteiger charge is -2.04. The van der Waals surface area contributed by atoms with Crippen LogP contribution in [0.25, 0.3) is 0 Å². The summed E-state index contributed by atoms with van der Waals surface area (Å²) < 4.78 is 0. The molecule has 0 atom stereocenters. The molecule has 0 aliphatic heterocycles. The third-order valence-electron chi connectivity index (χ3n) is 0.949. The van der Waals surface area contributed by atoms with Crippen molar-refractivity contribution in [3.05, 3.63) is 0 Å². The molecule has 0 unspecified atom stereocenters. The second-order valence-corrected chi connectivity index (χ2v) is 2.18. The van der Waals surface area contributed by atoms with E-state index in [4.69, 9.17) is 10.5 Å². The molecule has 0 saturated carbocycles. The molecule has 0 heterocycles. The van der Waals surface area contributed by atoms with Crippen molar-refractivity contribution in [2.75, 3.05) is 0 Å². The zero-order valence-electron chi connectivity index (χ0n) is 5.30. The third-order valence-corrected chi connectivity index (χ3v) is 0.949. The SMILES string of the molecule is CC(C)(C#N)C(=O)C#N. The third kappa shape index (κ3) is 1.54. The number of carbonyl (C=O) groups excluding carboxylic acids is 1. The highest BCUT2D eigenvalue weighted by atomic mass is 16.1. The van der Waals surface area contributed by atoms with Crippen LogP contribution in [0.3, 0.4) is 0 Å². The van der Waals surface area contributed by atoms with E-state index in [0.717, 1.165) is 0 Å². The molecular weight excluding hydrogens is 116 g/mol. The summed E-state index contributed by atoms with van der Waals surface area (Å²) in [6.07, 6.45) is 0. The van der Waals surface area contributed by atoms with Gasteiger partial charge in [0.15, 0.2) is 0 Å². The molecule has 46 valence electrons. The van der Waals surface area contributed by atoms with Crippen molar-refractivity contribution in [1.29, 1.82) is 10.5 Å². The van der Waals surface area contributed by atoms with E-state index in [1.165, 1.54) is 19.9 Å². The van der Waals surface area contributed by atoms with E-state index in [-0.39, 0.29) is 0 Å². The first-order valence-corrected chi connectivity index (χ1v) is 2.40. The van der Waals surface area contributed by atoms with E-state index in [1.54, 1.807) is 6.07 Å². The lowest BCUT2D eigenvalue weighted by molar-refractivity contribution is -0.119. The summed E-state index contributed by atoms with van der Waals surface area (Å²) in [5.74, 6) is -0.690. The molecular formula is C6H6N2O. The van der Waals surface area contributed by atoms with Gasteiger partial charge in [-0.15, -0.1) is 0 Å². The van der Waals surface area contributed by atoms with Crippen LogP contribution in [0.5, 0.6) is 0 Å². The minimum Gasteiger partial charge on any atom is -0.281 e. The molecule has 0 radical (unpaired) electrons. The van der Waals surface area contributed by atoms with Gasteiger partial charge >= 0.3 is 0 Å². The molecule has 3 nitrogen and oxygen atoms in total. The first-order valence-electron chi connectivity index (χ1n) is 2.40. The minimum absolute atomic E-state index is 0.690. The minimum atomic E-state index is -1.14. The zero-order valence-corrected chi connectivity index (χ0v) is 5.30. The highest BCUT2D eigenvalue weighted by molar-refractivity contribution is 5.99. The van der Waals surface area contributed by atoms with Crippen LogP contribution in [-0.2, 0) is 4.79 Å². The maximum absolute atomic E-state index is 10.5. The van der Waals surface area contributed by atoms with E-state index in [0.29, 0.717) is 0 Å². The van der Waals surface area contributed by atoms with E-state index in [2.05, 4.69) is 0 Å². The molecule has 0 aromatic rings. The maximum atomic E-state index is 10.5. The number of rotatable bonds is 1. The number of Topliss-reactive ketones (excluding diaryl/α,β-unsaturated/α-hetero) is 1. The predicted molar refractivity (Wildman–Crippen MR) is 30.0 cm³/mol. The molecule has 0 N–H and O–H groups in total. The van der Waals surface area contributed by atoms with Gasteiger partial charge in [0.25, 0.3) is 5.78 Å². The Morgan fingerprint density at radius 1 is 1.44 bits per heavy atom. The fraction of sp³-hybridized carbons (Fsp3) is 0.500. The summed E-state index contributed by atoms with van der Waals surface area (Å²) in [7, 11) is 0. The summed E-state index contributed by atoms with van der Waals surface area (Å²) in [5.41, 5.74) is -1.14. The van der Waals surface area contributed by atoms with Crippen LogP contribution in [0.2, 0.25) is 0 Å². The maximum Gasteiger partial charge on any atom is 0.251 e. The van der Waals surface area contributed by atoms with Gasteiger partial charge in [0.1, 0.15) is 11.5 Å². The van der Waals surface area contributed by atoms with Crippen LogP contribution in [-0.4, -0.2) is 5.78 Å². The Bertz CT molecular complexity index is 204. The summed E-state index contributed by atoms with van der Waals surface area (Å²) in [4.78, 5) is 10.5. The fourth-order valence-electron chi connectivity index (χ4n) is 0.191. The van der Waals surface area contributed by atoms with Crippen molar-refractivity contribution in [3.63, 3.8) is 0 Å². The number of nitriles is 2. The van der Waals surface area contributed by atoms with Crippen LogP contribution in [0.4, 0.5) is 0 Å². The van der Waals surface area contributed by atoms with Crippen molar-refractivity contribution < 1.29 is 4.79 Å². The van der Waals surface area contributed by atoms with Gasteiger partial charge in [-0.25, -0.2) is 0 Å². The van der Waals surface area contributed by atoms with Gasteiger partial charge in [-0.05, 0) is 13.8 Å². The highest BCUT2D eigenvalue weighted by Gasteiger charge is 2.26. The Labute approximate surface area is 53.5 Å². The van der Waals surface area contributed by atoms with Crippen molar-refractivity contribution in [1.82, 2.24) is 0 Å². The number of ketones is 1. The normalized spacial score (nSPS) is 9.33. The zero-order chi connectivity index (χ0) is 7.49. The lowest BCUT2D eigenvalue weighted by Crippen LogP contribution is -2.19. The first kappa shape index (κ1) is 7.65. The Kier molecular flexibility index (Phi) is 1.94. The Morgan fingerprint density at radius 3 is 2.00 bits per heavy atom. The quantitative estimate of drug-likeness (QED) is 0.479. The highest BCUT2D eigenvalue weighted by Crippen LogP contribution is 2.12. The Hall–Kier alpha value is -1.35.